The number of nitrogens with zero attached hydrogens (tertiary/aromatic N) is 1. The molecule has 0 fully saturated rings. The lowest BCUT2D eigenvalue weighted by Gasteiger charge is -2.08. The van der Waals surface area contributed by atoms with Crippen molar-refractivity contribution < 1.29 is 19.0 Å². The molecule has 0 aliphatic rings. The van der Waals surface area contributed by atoms with E-state index in [1.54, 1.807) is 30.3 Å². The van der Waals surface area contributed by atoms with Crippen molar-refractivity contribution in [1.29, 1.82) is 0 Å². The number of ether oxygens (including phenoxy) is 3. The van der Waals surface area contributed by atoms with E-state index in [0.29, 0.717) is 24.7 Å². The van der Waals surface area contributed by atoms with Gasteiger partial charge >= 0.3 is 0 Å². The molecule has 6 heteroatoms. The van der Waals surface area contributed by atoms with Gasteiger partial charge < -0.3 is 14.2 Å². The van der Waals surface area contributed by atoms with E-state index in [9.17, 15) is 4.79 Å². The van der Waals surface area contributed by atoms with Crippen LogP contribution in [0.2, 0.25) is 0 Å². The zero-order valence-corrected chi connectivity index (χ0v) is 17.1. The second-order valence-corrected chi connectivity index (χ2v) is 6.47. The van der Waals surface area contributed by atoms with Gasteiger partial charge in [0.05, 0.1) is 6.21 Å². The number of nitrogens with one attached hydrogen (secondary N) is 1. The first kappa shape index (κ1) is 21.6. The van der Waals surface area contributed by atoms with E-state index >= 15 is 0 Å². The summed E-state index contributed by atoms with van der Waals surface area (Å²) in [5.41, 5.74) is 4.28. The molecule has 0 saturated heterocycles. The number of para-hydroxylation sites is 1. The number of hydrogen-bond acceptors (Lipinski definition) is 5. The lowest BCUT2D eigenvalue weighted by molar-refractivity contribution is -0.123. The average Bonchev–Trinajstić information content (AvgIpc) is 2.82. The molecule has 6 nitrogen and oxygen atoms in total. The predicted octanol–water partition coefficient (Wildman–Crippen LogP) is 4.36. The Balaban J connectivity index is 1.42. The van der Waals surface area contributed by atoms with Crippen molar-refractivity contribution in [3.05, 3.63) is 103 Å². The molecule has 0 aromatic heterocycles. The summed E-state index contributed by atoms with van der Waals surface area (Å²) in [4.78, 5) is 12.0. The van der Waals surface area contributed by atoms with Crippen molar-refractivity contribution in [2.24, 2.45) is 5.10 Å². The van der Waals surface area contributed by atoms with E-state index in [4.69, 9.17) is 14.2 Å². The Hall–Kier alpha value is -4.06. The molecule has 0 heterocycles. The molecule has 3 aromatic rings. The van der Waals surface area contributed by atoms with Crippen LogP contribution in [0.1, 0.15) is 11.1 Å². The van der Waals surface area contributed by atoms with Gasteiger partial charge in [0.15, 0.2) is 6.61 Å². The molecule has 0 saturated carbocycles. The van der Waals surface area contributed by atoms with E-state index in [1.807, 2.05) is 54.6 Å². The first-order valence-corrected chi connectivity index (χ1v) is 9.79. The molecular weight excluding hydrogens is 392 g/mol. The Morgan fingerprint density at radius 1 is 0.871 bits per heavy atom. The van der Waals surface area contributed by atoms with Crippen LogP contribution in [0.5, 0.6) is 17.2 Å². The summed E-state index contributed by atoms with van der Waals surface area (Å²) < 4.78 is 16.8. The fraction of sp³-hybridized carbons (Fsp3) is 0.120. The monoisotopic (exact) mass is 416 g/mol. The maximum Gasteiger partial charge on any atom is 0.277 e. The van der Waals surface area contributed by atoms with Crippen LogP contribution in [0.3, 0.4) is 0 Å². The van der Waals surface area contributed by atoms with E-state index in [0.717, 1.165) is 16.9 Å². The van der Waals surface area contributed by atoms with Crippen molar-refractivity contribution in [1.82, 2.24) is 5.43 Å². The predicted molar refractivity (Wildman–Crippen MR) is 121 cm³/mol. The van der Waals surface area contributed by atoms with Crippen molar-refractivity contribution in [3.63, 3.8) is 0 Å². The number of hydrogen-bond donors (Lipinski definition) is 1. The third kappa shape index (κ3) is 7.36. The molecule has 3 aromatic carbocycles. The van der Waals surface area contributed by atoms with Crippen LogP contribution in [0.15, 0.2) is 96.6 Å². The van der Waals surface area contributed by atoms with E-state index in [2.05, 4.69) is 17.1 Å². The maximum absolute atomic E-state index is 12.0. The molecule has 31 heavy (non-hydrogen) atoms. The number of carbonyl (C=O) groups excluding carboxylic acids is 1. The topological polar surface area (TPSA) is 69.2 Å². The summed E-state index contributed by atoms with van der Waals surface area (Å²) in [6.07, 6.45) is 3.18. The van der Waals surface area contributed by atoms with Gasteiger partial charge in [-0.15, -0.1) is 0 Å². The molecule has 0 radical (unpaired) electrons. The molecule has 1 amide bonds. The molecule has 158 valence electrons. The minimum absolute atomic E-state index is 0.157. The van der Waals surface area contributed by atoms with Crippen LogP contribution < -0.4 is 19.6 Å². The largest absolute Gasteiger partial charge is 0.489 e. The fourth-order valence-corrected chi connectivity index (χ4v) is 2.60. The Labute approximate surface area is 181 Å². The molecule has 1 N–H and O–H groups in total. The third-order valence-corrected chi connectivity index (χ3v) is 4.11. The molecule has 3 rings (SSSR count). The molecule has 0 atom stereocenters. The summed E-state index contributed by atoms with van der Waals surface area (Å²) in [5.74, 6) is 1.58. The zero-order valence-electron chi connectivity index (χ0n) is 17.1. The summed E-state index contributed by atoms with van der Waals surface area (Å²) in [7, 11) is 0. The summed E-state index contributed by atoms with van der Waals surface area (Å²) in [6.45, 7) is 4.35. The zero-order chi connectivity index (χ0) is 21.7. The maximum atomic E-state index is 12.0. The highest BCUT2D eigenvalue weighted by atomic mass is 16.5. The minimum atomic E-state index is -0.370. The van der Waals surface area contributed by atoms with Crippen LogP contribution in [0, 0.1) is 0 Å². The molecule has 0 bridgehead atoms. The smallest absolute Gasteiger partial charge is 0.277 e. The Morgan fingerprint density at radius 3 is 2.29 bits per heavy atom. The van der Waals surface area contributed by atoms with E-state index in [1.165, 1.54) is 6.21 Å². The van der Waals surface area contributed by atoms with Crippen molar-refractivity contribution in [2.45, 2.75) is 6.61 Å². The van der Waals surface area contributed by atoms with Gasteiger partial charge in [0.25, 0.3) is 5.91 Å². The SMILES string of the molecule is C=CCOc1ccccc1C=NNC(=O)COc1ccc(OCc2ccccc2)cc1. The second kappa shape index (κ2) is 11.8. The third-order valence-electron chi connectivity index (χ3n) is 4.11. The number of carbonyl (C=O) groups is 1. The molecule has 0 aliphatic heterocycles. The number of benzene rings is 3. The highest BCUT2D eigenvalue weighted by Crippen LogP contribution is 2.19. The van der Waals surface area contributed by atoms with Gasteiger partial charge in [-0.05, 0) is 42.0 Å². The van der Waals surface area contributed by atoms with Crippen molar-refractivity contribution in [3.8, 4) is 17.2 Å². The van der Waals surface area contributed by atoms with Crippen LogP contribution in [0.4, 0.5) is 0 Å². The van der Waals surface area contributed by atoms with Gasteiger partial charge in [0.2, 0.25) is 0 Å². The summed E-state index contributed by atoms with van der Waals surface area (Å²) >= 11 is 0. The van der Waals surface area contributed by atoms with Crippen LogP contribution in [-0.4, -0.2) is 25.3 Å². The average molecular weight is 416 g/mol. The second-order valence-electron chi connectivity index (χ2n) is 6.47. The van der Waals surface area contributed by atoms with E-state index < -0.39 is 0 Å². The first-order valence-electron chi connectivity index (χ1n) is 9.79. The minimum Gasteiger partial charge on any atom is -0.489 e. The lowest BCUT2D eigenvalue weighted by Crippen LogP contribution is -2.24. The number of rotatable bonds is 11. The molecule has 0 aliphatic carbocycles. The van der Waals surface area contributed by atoms with E-state index in [-0.39, 0.29) is 12.5 Å². The number of hydrazone groups is 1. The summed E-state index contributed by atoms with van der Waals surface area (Å²) in [6, 6.07) is 24.4. The highest BCUT2D eigenvalue weighted by Gasteiger charge is 2.03. The normalized spacial score (nSPS) is 10.5. The standard InChI is InChI=1S/C25H24N2O4/c1-2-16-29-24-11-7-6-10-21(24)17-26-27-25(28)19-31-23-14-12-22(13-15-23)30-18-20-8-4-3-5-9-20/h2-15,17H,1,16,18-19H2,(H,27,28). The van der Waals surface area contributed by atoms with Gasteiger partial charge in [-0.3, -0.25) is 4.79 Å². The molecule has 0 spiro atoms. The van der Waals surface area contributed by atoms with Crippen LogP contribution >= 0.6 is 0 Å². The fourth-order valence-electron chi connectivity index (χ4n) is 2.60. The van der Waals surface area contributed by atoms with Gasteiger partial charge in [0.1, 0.15) is 30.5 Å². The Kier molecular flexibility index (Phi) is 8.26. The van der Waals surface area contributed by atoms with Crippen molar-refractivity contribution >= 4 is 12.1 Å². The van der Waals surface area contributed by atoms with Gasteiger partial charge in [-0.25, -0.2) is 5.43 Å². The first-order chi connectivity index (χ1) is 15.2. The Morgan fingerprint density at radius 2 is 1.55 bits per heavy atom. The van der Waals surface area contributed by atoms with Crippen LogP contribution in [-0.2, 0) is 11.4 Å². The summed E-state index contributed by atoms with van der Waals surface area (Å²) in [5, 5.41) is 3.96. The quantitative estimate of drug-likeness (QED) is 0.286. The molecular formula is C25H24N2O4. The van der Waals surface area contributed by atoms with Crippen molar-refractivity contribution in [2.75, 3.05) is 13.2 Å². The lowest BCUT2D eigenvalue weighted by atomic mass is 10.2. The molecule has 0 unspecified atom stereocenters. The number of amides is 1. The van der Waals surface area contributed by atoms with Crippen LogP contribution in [0.25, 0.3) is 0 Å². The Bertz CT molecular complexity index is 1000. The van der Waals surface area contributed by atoms with Gasteiger partial charge in [0, 0.05) is 5.56 Å². The highest BCUT2D eigenvalue weighted by molar-refractivity contribution is 5.85. The van der Waals surface area contributed by atoms with Gasteiger partial charge in [-0.1, -0.05) is 55.1 Å². The van der Waals surface area contributed by atoms with Gasteiger partial charge in [-0.2, -0.15) is 5.10 Å².